The molecule has 31 heavy (non-hydrogen) atoms. The van der Waals surface area contributed by atoms with Gasteiger partial charge in [-0.05, 0) is 52.8 Å². The number of nitrogens with one attached hydrogen (secondary N) is 1. The number of benzene rings is 3. The van der Waals surface area contributed by atoms with Crippen LogP contribution in [0.5, 0.6) is 0 Å². The number of anilines is 1. The molecule has 0 bridgehead atoms. The highest BCUT2D eigenvalue weighted by Gasteiger charge is 2.46. The number of carbonyl (C=O) groups excluding carboxylic acids is 2. The molecule has 0 saturated carbocycles. The van der Waals surface area contributed by atoms with Gasteiger partial charge >= 0.3 is 0 Å². The lowest BCUT2D eigenvalue weighted by molar-refractivity contribution is -0.119. The van der Waals surface area contributed by atoms with Gasteiger partial charge in [-0.1, -0.05) is 68.4 Å². The zero-order valence-electron chi connectivity index (χ0n) is 17.8. The molecule has 2 aliphatic heterocycles. The summed E-state index contributed by atoms with van der Waals surface area (Å²) in [5, 5.41) is 3.12. The average molecular weight is 411 g/mol. The Bertz CT molecular complexity index is 1150. The fourth-order valence-electron chi connectivity index (χ4n) is 4.93. The lowest BCUT2D eigenvalue weighted by Gasteiger charge is -2.45. The highest BCUT2D eigenvalue weighted by atomic mass is 16.2. The Morgan fingerprint density at radius 1 is 0.935 bits per heavy atom. The van der Waals surface area contributed by atoms with Crippen LogP contribution in [0, 0.1) is 0 Å². The van der Waals surface area contributed by atoms with Crippen LogP contribution >= 0.6 is 0 Å². The van der Waals surface area contributed by atoms with E-state index in [9.17, 15) is 9.59 Å². The Labute approximate surface area is 182 Å². The van der Waals surface area contributed by atoms with Crippen molar-refractivity contribution in [1.29, 1.82) is 0 Å². The quantitative estimate of drug-likeness (QED) is 0.638. The van der Waals surface area contributed by atoms with Crippen LogP contribution in [0.4, 0.5) is 5.69 Å². The van der Waals surface area contributed by atoms with Crippen molar-refractivity contribution in [2.45, 2.75) is 38.1 Å². The van der Waals surface area contributed by atoms with Crippen molar-refractivity contribution >= 4 is 17.5 Å². The monoisotopic (exact) mass is 410 g/mol. The molecule has 156 valence electrons. The Hall–Kier alpha value is -3.40. The summed E-state index contributed by atoms with van der Waals surface area (Å²) in [5.74, 6) is -0.0854. The maximum absolute atomic E-state index is 13.7. The molecule has 3 aromatic carbocycles. The summed E-state index contributed by atoms with van der Waals surface area (Å²) in [5.41, 5.74) is 5.75. The largest absolute Gasteiger partial charge is 0.330 e. The number of amides is 2. The molecule has 3 aromatic rings. The van der Waals surface area contributed by atoms with Gasteiger partial charge in [0.1, 0.15) is 0 Å². The van der Waals surface area contributed by atoms with Gasteiger partial charge < -0.3 is 10.2 Å². The average Bonchev–Trinajstić information content (AvgIpc) is 2.79. The van der Waals surface area contributed by atoms with Crippen molar-refractivity contribution in [3.8, 4) is 0 Å². The number of hydrogen-bond donors (Lipinski definition) is 1. The molecule has 4 nitrogen and oxygen atoms in total. The summed E-state index contributed by atoms with van der Waals surface area (Å²) in [6.45, 7) is 4.93. The first-order chi connectivity index (χ1) is 15.0. The molecule has 0 radical (unpaired) electrons. The Kier molecular flexibility index (Phi) is 4.85. The van der Waals surface area contributed by atoms with Crippen molar-refractivity contribution in [1.82, 2.24) is 4.90 Å². The predicted octanol–water partition coefficient (Wildman–Crippen LogP) is 5.29. The number of fused-ring (bicyclic) bond motifs is 4. The van der Waals surface area contributed by atoms with Crippen LogP contribution in [0.1, 0.15) is 64.3 Å². The molecular formula is C27H26N2O2. The standard InChI is InChI=1S/C27H26N2O2/c1-17(2)18-11-13-20(14-12-18)28-26(30)24-22-9-5-6-10-23(22)27(31)29-16-15-19-7-3-4-8-21(19)25(24)29/h3-14,17,24-25H,15-16H2,1-2H3,(H,28,30)/t24-,25+/m0/s1. The zero-order chi connectivity index (χ0) is 21.5. The van der Waals surface area contributed by atoms with E-state index >= 15 is 0 Å². The van der Waals surface area contributed by atoms with E-state index in [0.717, 1.165) is 23.2 Å². The molecule has 5 rings (SSSR count). The zero-order valence-corrected chi connectivity index (χ0v) is 17.8. The molecule has 1 N–H and O–H groups in total. The van der Waals surface area contributed by atoms with Gasteiger partial charge in [0, 0.05) is 17.8 Å². The van der Waals surface area contributed by atoms with Crippen LogP contribution in [0.25, 0.3) is 0 Å². The molecule has 2 amide bonds. The van der Waals surface area contributed by atoms with E-state index in [0.29, 0.717) is 18.0 Å². The van der Waals surface area contributed by atoms with E-state index in [2.05, 4.69) is 43.4 Å². The third-order valence-corrected chi connectivity index (χ3v) is 6.56. The highest BCUT2D eigenvalue weighted by Crippen LogP contribution is 2.46. The summed E-state index contributed by atoms with van der Waals surface area (Å²) < 4.78 is 0. The van der Waals surface area contributed by atoms with Crippen LogP contribution in [-0.2, 0) is 11.2 Å². The maximum atomic E-state index is 13.7. The van der Waals surface area contributed by atoms with E-state index in [1.807, 2.05) is 53.4 Å². The highest BCUT2D eigenvalue weighted by molar-refractivity contribution is 6.04. The van der Waals surface area contributed by atoms with Gasteiger partial charge in [0.15, 0.2) is 0 Å². The van der Waals surface area contributed by atoms with Gasteiger partial charge in [0.2, 0.25) is 5.91 Å². The summed E-state index contributed by atoms with van der Waals surface area (Å²) in [4.78, 5) is 28.8. The molecule has 0 aromatic heterocycles. The summed E-state index contributed by atoms with van der Waals surface area (Å²) in [7, 11) is 0. The number of hydrogen-bond acceptors (Lipinski definition) is 2. The maximum Gasteiger partial charge on any atom is 0.254 e. The van der Waals surface area contributed by atoms with Gasteiger partial charge in [0.25, 0.3) is 5.91 Å². The molecule has 0 saturated heterocycles. The van der Waals surface area contributed by atoms with Crippen molar-refractivity contribution < 1.29 is 9.59 Å². The second kappa shape index (κ2) is 7.69. The minimum atomic E-state index is -0.458. The molecular weight excluding hydrogens is 384 g/mol. The van der Waals surface area contributed by atoms with Gasteiger partial charge in [-0.15, -0.1) is 0 Å². The summed E-state index contributed by atoms with van der Waals surface area (Å²) in [6.07, 6.45) is 0.811. The Morgan fingerprint density at radius 3 is 2.35 bits per heavy atom. The molecule has 0 fully saturated rings. The van der Waals surface area contributed by atoms with Crippen LogP contribution in [-0.4, -0.2) is 23.3 Å². The number of rotatable bonds is 3. The van der Waals surface area contributed by atoms with Gasteiger partial charge in [-0.2, -0.15) is 0 Å². The number of carbonyl (C=O) groups is 2. The van der Waals surface area contributed by atoms with Crippen LogP contribution < -0.4 is 5.32 Å². The van der Waals surface area contributed by atoms with Crippen molar-refractivity contribution in [3.63, 3.8) is 0 Å². The SMILES string of the molecule is CC(C)c1ccc(NC(=O)[C@H]2c3ccccc3C(=O)N3CCc4ccccc4[C@H]23)cc1. The molecule has 2 aliphatic rings. The molecule has 0 spiro atoms. The van der Waals surface area contributed by atoms with Crippen molar-refractivity contribution in [3.05, 3.63) is 101 Å². The fourth-order valence-corrected chi connectivity index (χ4v) is 4.93. The van der Waals surface area contributed by atoms with E-state index < -0.39 is 5.92 Å². The van der Waals surface area contributed by atoms with Gasteiger partial charge in [-0.25, -0.2) is 0 Å². The topological polar surface area (TPSA) is 49.4 Å². The molecule has 2 heterocycles. The Morgan fingerprint density at radius 2 is 1.61 bits per heavy atom. The lowest BCUT2D eigenvalue weighted by Crippen LogP contribution is -2.49. The van der Waals surface area contributed by atoms with E-state index in [4.69, 9.17) is 0 Å². The van der Waals surface area contributed by atoms with E-state index in [1.54, 1.807) is 0 Å². The molecule has 4 heteroatoms. The minimum Gasteiger partial charge on any atom is -0.330 e. The Balaban J connectivity index is 1.57. The van der Waals surface area contributed by atoms with Crippen LogP contribution in [0.15, 0.2) is 72.8 Å². The predicted molar refractivity (Wildman–Crippen MR) is 122 cm³/mol. The lowest BCUT2D eigenvalue weighted by atomic mass is 9.76. The molecule has 0 aliphatic carbocycles. The van der Waals surface area contributed by atoms with Crippen molar-refractivity contribution in [2.24, 2.45) is 0 Å². The second-order valence-corrected chi connectivity index (χ2v) is 8.72. The summed E-state index contributed by atoms with van der Waals surface area (Å²) in [6, 6.07) is 23.5. The normalized spacial score (nSPS) is 19.5. The van der Waals surface area contributed by atoms with Crippen molar-refractivity contribution in [2.75, 3.05) is 11.9 Å². The third-order valence-electron chi connectivity index (χ3n) is 6.56. The van der Waals surface area contributed by atoms with Crippen LogP contribution in [0.2, 0.25) is 0 Å². The third kappa shape index (κ3) is 3.32. The van der Waals surface area contributed by atoms with E-state index in [1.165, 1.54) is 11.1 Å². The first-order valence-corrected chi connectivity index (χ1v) is 10.9. The smallest absolute Gasteiger partial charge is 0.254 e. The van der Waals surface area contributed by atoms with Gasteiger partial charge in [-0.3, -0.25) is 9.59 Å². The first kappa shape index (κ1) is 19.6. The van der Waals surface area contributed by atoms with E-state index in [-0.39, 0.29) is 17.9 Å². The second-order valence-electron chi connectivity index (χ2n) is 8.72. The molecule has 0 unspecified atom stereocenters. The van der Waals surface area contributed by atoms with Gasteiger partial charge in [0.05, 0.1) is 12.0 Å². The number of nitrogens with zero attached hydrogens (tertiary/aromatic N) is 1. The first-order valence-electron chi connectivity index (χ1n) is 10.9. The fraction of sp³-hybridized carbons (Fsp3) is 0.259. The van der Waals surface area contributed by atoms with Crippen LogP contribution in [0.3, 0.4) is 0 Å². The molecule has 2 atom stereocenters. The minimum absolute atomic E-state index is 0.0143. The summed E-state index contributed by atoms with van der Waals surface area (Å²) >= 11 is 0.